The molecule has 0 spiro atoms. The first-order valence-electron chi connectivity index (χ1n) is 4.70. The van der Waals surface area contributed by atoms with Crippen LogP contribution in [0, 0.1) is 9.39 Å². The van der Waals surface area contributed by atoms with Gasteiger partial charge in [-0.25, -0.2) is 14.2 Å². The molecule has 7 heteroatoms. The number of halogens is 3. The quantitative estimate of drug-likeness (QED) is 0.762. The number of amides is 1. The van der Waals surface area contributed by atoms with Crippen LogP contribution in [-0.2, 0) is 4.74 Å². The van der Waals surface area contributed by atoms with Gasteiger partial charge in [0.05, 0.1) is 8.59 Å². The topological polar surface area (TPSA) is 51.2 Å². The third kappa shape index (κ3) is 4.27. The molecular formula is C10H11ClFIN2O2. The van der Waals surface area contributed by atoms with Crippen molar-refractivity contribution in [2.24, 2.45) is 0 Å². The van der Waals surface area contributed by atoms with E-state index in [-0.39, 0.29) is 14.4 Å². The lowest BCUT2D eigenvalue weighted by atomic mass is 10.2. The molecule has 1 N–H and O–H groups in total. The highest BCUT2D eigenvalue weighted by Crippen LogP contribution is 2.24. The highest BCUT2D eigenvalue weighted by atomic mass is 127. The van der Waals surface area contributed by atoms with Crippen molar-refractivity contribution < 1.29 is 13.9 Å². The summed E-state index contributed by atoms with van der Waals surface area (Å²) >= 11 is 7.41. The predicted octanol–water partition coefficient (Wildman–Crippen LogP) is 3.83. The van der Waals surface area contributed by atoms with Crippen molar-refractivity contribution in [2.75, 3.05) is 5.32 Å². The molecule has 0 atom stereocenters. The van der Waals surface area contributed by atoms with Gasteiger partial charge < -0.3 is 4.74 Å². The van der Waals surface area contributed by atoms with Crippen molar-refractivity contribution in [2.45, 2.75) is 26.4 Å². The molecule has 17 heavy (non-hydrogen) atoms. The van der Waals surface area contributed by atoms with Crippen molar-refractivity contribution in [3.63, 3.8) is 0 Å². The van der Waals surface area contributed by atoms with Crippen molar-refractivity contribution >= 4 is 46.1 Å². The Hall–Kier alpha value is -0.630. The van der Waals surface area contributed by atoms with E-state index in [1.54, 1.807) is 43.4 Å². The summed E-state index contributed by atoms with van der Waals surface area (Å²) in [6.45, 7) is 5.13. The average molecular weight is 373 g/mol. The lowest BCUT2D eigenvalue weighted by molar-refractivity contribution is 0.0634. The highest BCUT2D eigenvalue weighted by molar-refractivity contribution is 14.1. The van der Waals surface area contributed by atoms with E-state index in [9.17, 15) is 9.18 Å². The van der Waals surface area contributed by atoms with E-state index in [2.05, 4.69) is 10.3 Å². The molecule has 0 aliphatic rings. The Labute approximate surface area is 117 Å². The van der Waals surface area contributed by atoms with Crippen LogP contribution in [0.5, 0.6) is 0 Å². The second-order valence-corrected chi connectivity index (χ2v) is 5.70. The summed E-state index contributed by atoms with van der Waals surface area (Å²) in [5.41, 5.74) is -0.653. The Morgan fingerprint density at radius 2 is 2.18 bits per heavy atom. The summed E-state index contributed by atoms with van der Waals surface area (Å²) in [5.74, 6) is -0.878. The number of carbonyl (C=O) groups excluding carboxylic acids is 1. The predicted molar refractivity (Wildman–Crippen MR) is 71.8 cm³/mol. The molecule has 0 aliphatic heterocycles. The number of rotatable bonds is 1. The number of aromatic nitrogens is 1. The van der Waals surface area contributed by atoms with Crippen LogP contribution >= 0.6 is 34.2 Å². The number of ether oxygens (including phenoxy) is 1. The van der Waals surface area contributed by atoms with Gasteiger partial charge in [-0.1, -0.05) is 11.6 Å². The average Bonchev–Trinajstić information content (AvgIpc) is 2.16. The molecule has 0 aromatic carbocycles. The maximum absolute atomic E-state index is 13.6. The summed E-state index contributed by atoms with van der Waals surface area (Å²) in [4.78, 5) is 15.1. The molecule has 0 fully saturated rings. The minimum absolute atomic E-state index is 0.192. The van der Waals surface area contributed by atoms with Gasteiger partial charge in [-0.2, -0.15) is 0 Å². The van der Waals surface area contributed by atoms with Crippen LogP contribution in [0.15, 0.2) is 6.20 Å². The van der Waals surface area contributed by atoms with Crippen LogP contribution < -0.4 is 5.32 Å². The minimum atomic E-state index is -0.762. The number of hydrogen-bond acceptors (Lipinski definition) is 3. The van der Waals surface area contributed by atoms with Crippen LogP contribution in [0.2, 0.25) is 5.02 Å². The fourth-order valence-corrected chi connectivity index (χ4v) is 1.46. The second kappa shape index (κ2) is 5.34. The largest absolute Gasteiger partial charge is 0.444 e. The standard InChI is InChI=1S/C10H11ClFIN2O2/c1-10(2,3)17-9(16)15-8-6(12)7(13)5(11)4-14-8/h4H,1-3H3,(H,14,15,16). The first-order valence-corrected chi connectivity index (χ1v) is 6.16. The molecule has 1 heterocycles. The summed E-state index contributed by atoms with van der Waals surface area (Å²) < 4.78 is 18.8. The number of hydrogen-bond donors (Lipinski definition) is 1. The fraction of sp³-hybridized carbons (Fsp3) is 0.400. The SMILES string of the molecule is CC(C)(C)OC(=O)Nc1ncc(Cl)c(I)c1F. The molecule has 0 saturated heterocycles. The number of anilines is 1. The summed E-state index contributed by atoms with van der Waals surface area (Å²) in [6, 6.07) is 0. The van der Waals surface area contributed by atoms with Gasteiger partial charge in [0, 0.05) is 6.20 Å². The molecule has 1 aromatic heterocycles. The van der Waals surface area contributed by atoms with Gasteiger partial charge in [-0.15, -0.1) is 0 Å². The van der Waals surface area contributed by atoms with Gasteiger partial charge in [-0.05, 0) is 43.4 Å². The second-order valence-electron chi connectivity index (χ2n) is 4.21. The molecule has 4 nitrogen and oxygen atoms in total. The van der Waals surface area contributed by atoms with Crippen LogP contribution in [-0.4, -0.2) is 16.7 Å². The van der Waals surface area contributed by atoms with Crippen LogP contribution in [0.4, 0.5) is 15.0 Å². The van der Waals surface area contributed by atoms with Gasteiger partial charge in [0.15, 0.2) is 11.6 Å². The number of nitrogens with zero attached hydrogens (tertiary/aromatic N) is 1. The van der Waals surface area contributed by atoms with E-state index < -0.39 is 17.5 Å². The maximum Gasteiger partial charge on any atom is 0.413 e. The molecule has 0 bridgehead atoms. The molecule has 1 amide bonds. The fourth-order valence-electron chi connectivity index (χ4n) is 0.931. The molecular weight excluding hydrogens is 361 g/mol. The first-order chi connectivity index (χ1) is 7.70. The maximum atomic E-state index is 13.6. The van der Waals surface area contributed by atoms with E-state index in [1.165, 1.54) is 6.20 Å². The van der Waals surface area contributed by atoms with Gasteiger partial charge in [0.1, 0.15) is 5.60 Å². The Kier molecular flexibility index (Phi) is 4.54. The minimum Gasteiger partial charge on any atom is -0.444 e. The summed E-state index contributed by atoms with van der Waals surface area (Å²) in [6.07, 6.45) is 0.501. The van der Waals surface area contributed by atoms with Crippen molar-refractivity contribution in [3.8, 4) is 0 Å². The van der Waals surface area contributed by atoms with Crippen molar-refractivity contribution in [1.82, 2.24) is 4.98 Å². The highest BCUT2D eigenvalue weighted by Gasteiger charge is 2.19. The zero-order chi connectivity index (χ0) is 13.2. The lowest BCUT2D eigenvalue weighted by Crippen LogP contribution is -2.27. The number of carbonyl (C=O) groups is 1. The van der Waals surface area contributed by atoms with E-state index in [1.807, 2.05) is 0 Å². The smallest absolute Gasteiger partial charge is 0.413 e. The normalized spacial score (nSPS) is 11.2. The van der Waals surface area contributed by atoms with E-state index in [4.69, 9.17) is 16.3 Å². The molecule has 1 aromatic rings. The molecule has 94 valence electrons. The third-order valence-corrected chi connectivity index (χ3v) is 3.20. The van der Waals surface area contributed by atoms with E-state index in [0.29, 0.717) is 0 Å². The Morgan fingerprint density at radius 1 is 1.59 bits per heavy atom. The summed E-state index contributed by atoms with van der Waals surface area (Å²) in [5, 5.41) is 2.42. The molecule has 0 radical (unpaired) electrons. The first kappa shape index (κ1) is 14.4. The van der Waals surface area contributed by atoms with E-state index in [0.717, 1.165) is 0 Å². The van der Waals surface area contributed by atoms with Gasteiger partial charge >= 0.3 is 6.09 Å². The van der Waals surface area contributed by atoms with Crippen LogP contribution in [0.25, 0.3) is 0 Å². The number of nitrogens with one attached hydrogen (secondary N) is 1. The number of pyridine rings is 1. The Balaban J connectivity index is 2.83. The van der Waals surface area contributed by atoms with Crippen LogP contribution in [0.3, 0.4) is 0 Å². The molecule has 1 rings (SSSR count). The molecule has 0 saturated carbocycles. The summed E-state index contributed by atoms with van der Waals surface area (Å²) in [7, 11) is 0. The molecule has 0 aliphatic carbocycles. The Bertz CT molecular complexity index is 449. The van der Waals surface area contributed by atoms with Crippen molar-refractivity contribution in [1.29, 1.82) is 0 Å². The van der Waals surface area contributed by atoms with Gasteiger partial charge in [0.2, 0.25) is 0 Å². The monoisotopic (exact) mass is 372 g/mol. The van der Waals surface area contributed by atoms with Gasteiger partial charge in [-0.3, -0.25) is 5.32 Å². The van der Waals surface area contributed by atoms with Gasteiger partial charge in [0.25, 0.3) is 0 Å². The molecule has 0 unspecified atom stereocenters. The lowest BCUT2D eigenvalue weighted by Gasteiger charge is -2.19. The zero-order valence-electron chi connectivity index (χ0n) is 9.47. The zero-order valence-corrected chi connectivity index (χ0v) is 12.4. The Morgan fingerprint density at radius 3 is 2.71 bits per heavy atom. The van der Waals surface area contributed by atoms with Crippen LogP contribution in [0.1, 0.15) is 20.8 Å². The van der Waals surface area contributed by atoms with Crippen molar-refractivity contribution in [3.05, 3.63) is 20.6 Å². The third-order valence-electron chi connectivity index (χ3n) is 1.54. The van der Waals surface area contributed by atoms with E-state index >= 15 is 0 Å².